The van der Waals surface area contributed by atoms with Gasteiger partial charge in [-0.15, -0.1) is 0 Å². The number of halogens is 1. The second kappa shape index (κ2) is 5.46. The molecule has 0 spiro atoms. The van der Waals surface area contributed by atoms with Crippen LogP contribution in [0.1, 0.15) is 17.0 Å². The molecule has 23 heavy (non-hydrogen) atoms. The summed E-state index contributed by atoms with van der Waals surface area (Å²) in [5.74, 6) is 0.164. The van der Waals surface area contributed by atoms with Crippen LogP contribution in [-0.4, -0.2) is 35.7 Å². The highest BCUT2D eigenvalue weighted by Crippen LogP contribution is 2.47. The fourth-order valence-electron chi connectivity index (χ4n) is 3.75. The molecule has 2 aliphatic rings. The van der Waals surface area contributed by atoms with Crippen LogP contribution < -0.4 is 4.90 Å². The van der Waals surface area contributed by atoms with E-state index in [0.29, 0.717) is 13.1 Å². The fraction of sp³-hybridized carbons (Fsp3) is 0.278. The molecule has 0 saturated carbocycles. The van der Waals surface area contributed by atoms with Gasteiger partial charge in [0.15, 0.2) is 0 Å². The number of carboxylic acid groups (broad SMARTS) is 1. The maximum atomic E-state index is 11.4. The van der Waals surface area contributed by atoms with E-state index in [0.717, 1.165) is 29.4 Å². The van der Waals surface area contributed by atoms with Crippen LogP contribution in [0.15, 0.2) is 42.5 Å². The molecular formula is C18H17ClN2O2. The lowest BCUT2D eigenvalue weighted by Crippen LogP contribution is -2.34. The SMILES string of the molecule is O=C(O)N1CCc2ccc(Cl)c3c2[C@@H](C1)CN3c1ccccc1. The molecule has 0 bridgehead atoms. The first kappa shape index (κ1) is 14.4. The Labute approximate surface area is 139 Å². The van der Waals surface area contributed by atoms with E-state index in [1.165, 1.54) is 16.0 Å². The van der Waals surface area contributed by atoms with Crippen LogP contribution >= 0.6 is 11.6 Å². The highest BCUT2D eigenvalue weighted by atomic mass is 35.5. The van der Waals surface area contributed by atoms with Crippen molar-refractivity contribution in [3.05, 3.63) is 58.6 Å². The molecule has 0 unspecified atom stereocenters. The lowest BCUT2D eigenvalue weighted by molar-refractivity contribution is 0.144. The standard InChI is InChI=1S/C18H17ClN2O2/c19-15-7-6-12-8-9-20(18(22)23)10-13-11-21(17(15)16(12)13)14-4-2-1-3-5-14/h1-7,13H,8-11H2,(H,22,23)/t13-/m0/s1. The minimum Gasteiger partial charge on any atom is -0.465 e. The highest BCUT2D eigenvalue weighted by molar-refractivity contribution is 6.33. The van der Waals surface area contributed by atoms with Gasteiger partial charge in [0.2, 0.25) is 0 Å². The lowest BCUT2D eigenvalue weighted by atomic mass is 9.95. The Hall–Kier alpha value is -2.20. The van der Waals surface area contributed by atoms with E-state index in [1.54, 1.807) is 0 Å². The monoisotopic (exact) mass is 328 g/mol. The minimum atomic E-state index is -0.844. The summed E-state index contributed by atoms with van der Waals surface area (Å²) in [6.07, 6.45) is -0.103. The third kappa shape index (κ3) is 2.34. The number of carbonyl (C=O) groups is 1. The summed E-state index contributed by atoms with van der Waals surface area (Å²) in [4.78, 5) is 15.2. The molecule has 0 radical (unpaired) electrons. The van der Waals surface area contributed by atoms with Gasteiger partial charge in [-0.2, -0.15) is 0 Å². The van der Waals surface area contributed by atoms with Gasteiger partial charge in [0.1, 0.15) is 0 Å². The topological polar surface area (TPSA) is 43.8 Å². The Bertz CT molecular complexity index is 763. The number of para-hydroxylation sites is 1. The molecule has 2 aromatic carbocycles. The van der Waals surface area contributed by atoms with Crippen molar-refractivity contribution in [1.82, 2.24) is 4.90 Å². The molecule has 1 atom stereocenters. The first-order chi connectivity index (χ1) is 11.1. The third-order valence-electron chi connectivity index (χ3n) is 4.77. The molecule has 2 heterocycles. The van der Waals surface area contributed by atoms with Crippen LogP contribution in [0.3, 0.4) is 0 Å². The largest absolute Gasteiger partial charge is 0.465 e. The van der Waals surface area contributed by atoms with Crippen molar-refractivity contribution < 1.29 is 9.90 Å². The van der Waals surface area contributed by atoms with Gasteiger partial charge in [-0.3, -0.25) is 0 Å². The average molecular weight is 329 g/mol. The molecule has 2 aromatic rings. The summed E-state index contributed by atoms with van der Waals surface area (Å²) in [6.45, 7) is 1.84. The van der Waals surface area contributed by atoms with Crippen LogP contribution in [0.4, 0.5) is 16.2 Å². The molecule has 118 valence electrons. The molecule has 0 aliphatic carbocycles. The van der Waals surface area contributed by atoms with Crippen LogP contribution in [0.2, 0.25) is 5.02 Å². The minimum absolute atomic E-state index is 0.164. The first-order valence-electron chi connectivity index (χ1n) is 7.77. The van der Waals surface area contributed by atoms with Gasteiger partial charge in [0.25, 0.3) is 0 Å². The van der Waals surface area contributed by atoms with Gasteiger partial charge in [-0.05, 0) is 35.7 Å². The zero-order chi connectivity index (χ0) is 16.0. The first-order valence-corrected chi connectivity index (χ1v) is 8.14. The molecule has 4 rings (SSSR count). The molecule has 0 aromatic heterocycles. The van der Waals surface area contributed by atoms with Gasteiger partial charge in [0.05, 0.1) is 10.7 Å². The van der Waals surface area contributed by atoms with Gasteiger partial charge >= 0.3 is 6.09 Å². The van der Waals surface area contributed by atoms with Crippen molar-refractivity contribution in [3.8, 4) is 0 Å². The fourth-order valence-corrected chi connectivity index (χ4v) is 4.02. The predicted molar refractivity (Wildman–Crippen MR) is 90.9 cm³/mol. The van der Waals surface area contributed by atoms with E-state index in [-0.39, 0.29) is 5.92 Å². The Morgan fingerprint density at radius 3 is 2.65 bits per heavy atom. The molecule has 1 amide bonds. The number of rotatable bonds is 1. The summed E-state index contributed by atoms with van der Waals surface area (Å²) in [7, 11) is 0. The summed E-state index contributed by atoms with van der Waals surface area (Å²) in [6, 6.07) is 14.1. The third-order valence-corrected chi connectivity index (χ3v) is 5.07. The van der Waals surface area contributed by atoms with Crippen LogP contribution in [0, 0.1) is 0 Å². The second-order valence-electron chi connectivity index (χ2n) is 6.09. The highest BCUT2D eigenvalue weighted by Gasteiger charge is 2.37. The summed E-state index contributed by atoms with van der Waals surface area (Å²) in [5, 5.41) is 10.1. The van der Waals surface area contributed by atoms with Crippen LogP contribution in [0.25, 0.3) is 0 Å². The van der Waals surface area contributed by atoms with Gasteiger partial charge < -0.3 is 14.9 Å². The number of anilines is 2. The van der Waals surface area contributed by atoms with Crippen molar-refractivity contribution in [2.45, 2.75) is 12.3 Å². The van der Waals surface area contributed by atoms with Crippen molar-refractivity contribution in [2.24, 2.45) is 0 Å². The number of hydrogen-bond acceptors (Lipinski definition) is 2. The summed E-state index contributed by atoms with van der Waals surface area (Å²) in [5.41, 5.74) is 4.59. The predicted octanol–water partition coefficient (Wildman–Crippen LogP) is 4.11. The van der Waals surface area contributed by atoms with Crippen molar-refractivity contribution in [3.63, 3.8) is 0 Å². The molecule has 4 nitrogen and oxygen atoms in total. The van der Waals surface area contributed by atoms with Crippen LogP contribution in [-0.2, 0) is 6.42 Å². The Kier molecular flexibility index (Phi) is 3.42. The summed E-state index contributed by atoms with van der Waals surface area (Å²) < 4.78 is 0. The van der Waals surface area contributed by atoms with Gasteiger partial charge in [-0.1, -0.05) is 35.9 Å². The van der Waals surface area contributed by atoms with Crippen LogP contribution in [0.5, 0.6) is 0 Å². The molecule has 2 aliphatic heterocycles. The van der Waals surface area contributed by atoms with E-state index < -0.39 is 6.09 Å². The van der Waals surface area contributed by atoms with E-state index in [9.17, 15) is 9.90 Å². The number of nitrogens with zero attached hydrogens (tertiary/aromatic N) is 2. The summed E-state index contributed by atoms with van der Waals surface area (Å²) >= 11 is 6.51. The zero-order valence-electron chi connectivity index (χ0n) is 12.6. The van der Waals surface area contributed by atoms with Crippen molar-refractivity contribution in [2.75, 3.05) is 24.5 Å². The van der Waals surface area contributed by atoms with Gasteiger partial charge in [-0.25, -0.2) is 4.79 Å². The average Bonchev–Trinajstić information content (AvgIpc) is 2.84. The Morgan fingerprint density at radius 2 is 1.91 bits per heavy atom. The Morgan fingerprint density at radius 1 is 1.13 bits per heavy atom. The number of amides is 1. The number of benzene rings is 2. The van der Waals surface area contributed by atoms with E-state index in [1.807, 2.05) is 30.3 Å². The van der Waals surface area contributed by atoms with Gasteiger partial charge in [0, 0.05) is 31.2 Å². The smallest absolute Gasteiger partial charge is 0.407 e. The quantitative estimate of drug-likeness (QED) is 0.856. The van der Waals surface area contributed by atoms with E-state index in [2.05, 4.69) is 17.0 Å². The normalized spacial score (nSPS) is 19.4. The van der Waals surface area contributed by atoms with Crippen molar-refractivity contribution in [1.29, 1.82) is 0 Å². The molecular weight excluding hydrogens is 312 g/mol. The second-order valence-corrected chi connectivity index (χ2v) is 6.50. The van der Waals surface area contributed by atoms with E-state index in [4.69, 9.17) is 11.6 Å². The van der Waals surface area contributed by atoms with Crippen molar-refractivity contribution >= 4 is 29.1 Å². The lowest BCUT2D eigenvalue weighted by Gasteiger charge is -2.23. The molecule has 0 fully saturated rings. The Balaban J connectivity index is 1.83. The number of hydrogen-bond donors (Lipinski definition) is 1. The maximum Gasteiger partial charge on any atom is 0.407 e. The maximum absolute atomic E-state index is 11.4. The van der Waals surface area contributed by atoms with E-state index >= 15 is 0 Å². The molecule has 1 N–H and O–H groups in total. The molecule has 5 heteroatoms. The molecule has 0 saturated heterocycles. The zero-order valence-corrected chi connectivity index (χ0v) is 13.3.